The van der Waals surface area contributed by atoms with Crippen molar-refractivity contribution < 1.29 is 0 Å². The first-order chi connectivity index (χ1) is 7.97. The molecule has 0 aromatic rings. The number of hydrogen-bond donors (Lipinski definition) is 0. The second-order valence-electron chi connectivity index (χ2n) is 9.35. The average molecular weight is 504 g/mol. The molecule has 0 atom stereocenters. The number of hydrogen-bond acceptors (Lipinski definition) is 1. The van der Waals surface area contributed by atoms with E-state index >= 15 is 0 Å². The van der Waals surface area contributed by atoms with E-state index in [2.05, 4.69) is 89.0 Å². The van der Waals surface area contributed by atoms with Crippen molar-refractivity contribution in [1.29, 1.82) is 0 Å². The predicted octanol–water partition coefficient (Wildman–Crippen LogP) is 6.90. The molecule has 0 aliphatic heterocycles. The normalized spacial score (nSPS) is 15.5. The first-order valence-electron chi connectivity index (χ1n) is 7.26. The Balaban J connectivity index is 5.43. The van der Waals surface area contributed by atoms with Gasteiger partial charge in [-0.1, -0.05) is 0 Å². The van der Waals surface area contributed by atoms with Gasteiger partial charge in [-0.05, 0) is 0 Å². The van der Waals surface area contributed by atoms with Crippen LogP contribution < -0.4 is 0 Å². The van der Waals surface area contributed by atoms with Crippen LogP contribution in [0.3, 0.4) is 0 Å². The Morgan fingerprint density at radius 1 is 0.421 bits per heavy atom. The van der Waals surface area contributed by atoms with Gasteiger partial charge in [0, 0.05) is 0 Å². The van der Waals surface area contributed by atoms with Crippen molar-refractivity contribution in [1.82, 2.24) is 0 Å². The third kappa shape index (κ3) is 7.19. The van der Waals surface area contributed by atoms with Crippen molar-refractivity contribution in [3.8, 4) is 0 Å². The van der Waals surface area contributed by atoms with Crippen LogP contribution in [0.15, 0.2) is 0 Å². The SMILES string of the molecule is C[C](C)(C)[Sb]([S][Sb]([C](C)(C)C)[C](C)(C)C)[C](C)(C)C. The van der Waals surface area contributed by atoms with Gasteiger partial charge in [0.15, 0.2) is 0 Å². The summed E-state index contributed by atoms with van der Waals surface area (Å²) in [4.78, 5) is 0. The van der Waals surface area contributed by atoms with Crippen LogP contribution in [0.25, 0.3) is 0 Å². The molecule has 0 N–H and O–H groups in total. The van der Waals surface area contributed by atoms with Crippen LogP contribution in [0.1, 0.15) is 83.1 Å². The van der Waals surface area contributed by atoms with Gasteiger partial charge in [0.25, 0.3) is 0 Å². The topological polar surface area (TPSA) is 0 Å². The van der Waals surface area contributed by atoms with Crippen molar-refractivity contribution in [2.45, 2.75) is 96.5 Å². The third-order valence-corrected chi connectivity index (χ3v) is 53.1. The standard InChI is InChI=1S/4C4H9.S.2Sb/c4*1-4(2)3;;;/h4*1-3H3;;;. The van der Waals surface area contributed by atoms with Gasteiger partial charge in [-0.15, -0.1) is 0 Å². The fourth-order valence-corrected chi connectivity index (χ4v) is 90.7. The fraction of sp³-hybridized carbons (Fsp3) is 1.00. The van der Waals surface area contributed by atoms with E-state index in [1.807, 2.05) is 0 Å². The predicted molar refractivity (Wildman–Crippen MR) is 98.0 cm³/mol. The molecule has 0 nitrogen and oxygen atoms in total. The Bertz CT molecular complexity index is 226. The Morgan fingerprint density at radius 3 is 0.684 bits per heavy atom. The summed E-state index contributed by atoms with van der Waals surface area (Å²) in [6, 6.07) is 0. The Hall–Kier alpha value is 1.99. The van der Waals surface area contributed by atoms with Crippen LogP contribution in [0, 0.1) is 0 Å². The first kappa shape index (κ1) is 21.0. The number of rotatable bonds is 2. The Morgan fingerprint density at radius 2 is 0.579 bits per heavy atom. The summed E-state index contributed by atoms with van der Waals surface area (Å²) in [6.45, 7) is 30.0. The summed E-state index contributed by atoms with van der Waals surface area (Å²) in [6.07, 6.45) is 0. The molecule has 0 heterocycles. The third-order valence-electron chi connectivity index (χ3n) is 2.60. The van der Waals surface area contributed by atoms with Crippen LogP contribution in [-0.2, 0) is 0 Å². The molecule has 0 aromatic heterocycles. The van der Waals surface area contributed by atoms with Crippen molar-refractivity contribution >= 4 is 43.6 Å². The molecule has 0 unspecified atom stereocenters. The van der Waals surface area contributed by atoms with Gasteiger partial charge >= 0.3 is 140 Å². The van der Waals surface area contributed by atoms with Crippen LogP contribution in [-0.4, -0.2) is 37.6 Å². The monoisotopic (exact) mass is 502 g/mol. The van der Waals surface area contributed by atoms with Crippen molar-refractivity contribution in [3.05, 3.63) is 0 Å². The van der Waals surface area contributed by atoms with Gasteiger partial charge in [-0.2, -0.15) is 0 Å². The average Bonchev–Trinajstić information content (AvgIpc) is 1.91. The van der Waals surface area contributed by atoms with Gasteiger partial charge in [0.1, 0.15) is 0 Å². The van der Waals surface area contributed by atoms with E-state index in [1.165, 1.54) is 0 Å². The second-order valence-corrected chi connectivity index (χ2v) is 43.9. The summed E-state index contributed by atoms with van der Waals surface area (Å²) in [5.41, 5.74) is 0. The van der Waals surface area contributed by atoms with E-state index in [4.69, 9.17) is 0 Å². The molecule has 0 amide bonds. The summed E-state index contributed by atoms with van der Waals surface area (Å²) >= 11 is -2.77. The minimum absolute atomic E-state index is 0.560. The molecule has 19 heavy (non-hydrogen) atoms. The molecule has 0 saturated carbocycles. The van der Waals surface area contributed by atoms with E-state index < -0.39 is 37.6 Å². The van der Waals surface area contributed by atoms with E-state index in [0.29, 0.717) is 13.4 Å². The molecule has 0 spiro atoms. The van der Waals surface area contributed by atoms with E-state index in [9.17, 15) is 0 Å². The van der Waals surface area contributed by atoms with Crippen LogP contribution in [0.5, 0.6) is 0 Å². The zero-order valence-electron chi connectivity index (χ0n) is 15.3. The van der Waals surface area contributed by atoms with E-state index in [0.717, 1.165) is 0 Å². The zero-order chi connectivity index (χ0) is 15.9. The molecule has 0 aliphatic rings. The quantitative estimate of drug-likeness (QED) is 0.369. The van der Waals surface area contributed by atoms with Crippen molar-refractivity contribution in [3.63, 3.8) is 0 Å². The minimum atomic E-state index is -1.38. The molecule has 0 radical (unpaired) electrons. The first-order valence-corrected chi connectivity index (χ1v) is 19.3. The second kappa shape index (κ2) is 6.62. The molecule has 0 saturated heterocycles. The molecule has 116 valence electrons. The molecule has 3 heteroatoms. The van der Waals surface area contributed by atoms with Gasteiger partial charge in [0.05, 0.1) is 0 Å². The van der Waals surface area contributed by atoms with Gasteiger partial charge < -0.3 is 0 Å². The van der Waals surface area contributed by atoms with Gasteiger partial charge in [-0.3, -0.25) is 0 Å². The van der Waals surface area contributed by atoms with Crippen molar-refractivity contribution in [2.75, 3.05) is 0 Å². The van der Waals surface area contributed by atoms with E-state index in [-0.39, 0.29) is 0 Å². The Labute approximate surface area is 139 Å². The molecular formula is C16H36SSb2. The molecule has 0 rings (SSSR count). The maximum atomic E-state index is 2.58. The molecular weight excluding hydrogens is 468 g/mol. The molecule has 0 bridgehead atoms. The van der Waals surface area contributed by atoms with Crippen LogP contribution in [0.4, 0.5) is 0 Å². The summed E-state index contributed by atoms with van der Waals surface area (Å²) < 4.78 is 2.24. The van der Waals surface area contributed by atoms with Crippen LogP contribution >= 0.6 is 5.94 Å². The maximum absolute atomic E-state index is 2.58. The summed E-state index contributed by atoms with van der Waals surface area (Å²) in [5, 5.41) is 0. The van der Waals surface area contributed by atoms with Gasteiger partial charge in [-0.25, -0.2) is 0 Å². The molecule has 0 aromatic carbocycles. The Kier molecular flexibility index (Phi) is 7.31. The van der Waals surface area contributed by atoms with E-state index in [1.54, 1.807) is 0 Å². The zero-order valence-corrected chi connectivity index (χ0v) is 21.2. The van der Waals surface area contributed by atoms with Crippen LogP contribution in [0.2, 0.25) is 13.4 Å². The molecule has 0 aliphatic carbocycles. The molecule has 0 fully saturated rings. The summed E-state index contributed by atoms with van der Waals surface area (Å²) in [7, 11) is 0. The van der Waals surface area contributed by atoms with Crippen molar-refractivity contribution in [2.24, 2.45) is 0 Å². The summed E-state index contributed by atoms with van der Waals surface area (Å²) in [5.74, 6) is 2.58. The van der Waals surface area contributed by atoms with Gasteiger partial charge in [0.2, 0.25) is 0 Å². The fourth-order valence-electron chi connectivity index (χ4n) is 2.58.